The minimum absolute atomic E-state index is 0.0674. The number of H-pyrrole nitrogens is 1. The van der Waals surface area contributed by atoms with Gasteiger partial charge in [0.05, 0.1) is 12.7 Å². The van der Waals surface area contributed by atoms with Crippen molar-refractivity contribution in [2.24, 2.45) is 0 Å². The van der Waals surface area contributed by atoms with E-state index in [0.29, 0.717) is 11.5 Å². The minimum Gasteiger partial charge on any atom is -0.496 e. The maximum atomic E-state index is 14.1. The molecule has 1 amide bonds. The van der Waals surface area contributed by atoms with Crippen LogP contribution in [0.4, 0.5) is 4.39 Å². The molecule has 0 radical (unpaired) electrons. The molecular weight excluding hydrogens is 299 g/mol. The number of rotatable bonds is 5. The quantitative estimate of drug-likeness (QED) is 0.889. The lowest BCUT2D eigenvalue weighted by molar-refractivity contribution is 0.0947. The number of methoxy groups -OCH3 is 1. The van der Waals surface area contributed by atoms with Crippen LogP contribution in [-0.2, 0) is 6.54 Å². The summed E-state index contributed by atoms with van der Waals surface area (Å²) < 4.78 is 19.1. The van der Waals surface area contributed by atoms with Gasteiger partial charge in [-0.05, 0) is 30.4 Å². The third kappa shape index (κ3) is 3.41. The van der Waals surface area contributed by atoms with Gasteiger partial charge in [-0.1, -0.05) is 12.1 Å². The van der Waals surface area contributed by atoms with Crippen LogP contribution >= 0.6 is 0 Å². The van der Waals surface area contributed by atoms with E-state index in [1.165, 1.54) is 19.4 Å². The number of nitrogens with one attached hydrogen (secondary N) is 2. The standard InChI is InChI=1S/C17H17FN2O3/c1-23-15-7-16(21)19-9-13(15)17(22)20-8-12-5-4-11(6-14(12)18)10-2-3-10/h4-7,9-10H,2-3,8H2,1H3,(H,19,21)(H,20,22). The van der Waals surface area contributed by atoms with E-state index in [-0.39, 0.29) is 29.2 Å². The summed E-state index contributed by atoms with van der Waals surface area (Å²) in [5, 5.41) is 2.63. The third-order valence-electron chi connectivity index (χ3n) is 3.92. The van der Waals surface area contributed by atoms with Crippen LogP contribution in [0.15, 0.2) is 35.3 Å². The zero-order valence-electron chi connectivity index (χ0n) is 12.7. The highest BCUT2D eigenvalue weighted by molar-refractivity contribution is 5.96. The summed E-state index contributed by atoms with van der Waals surface area (Å²) >= 11 is 0. The summed E-state index contributed by atoms with van der Waals surface area (Å²) in [4.78, 5) is 25.8. The van der Waals surface area contributed by atoms with Gasteiger partial charge in [0.15, 0.2) is 0 Å². The van der Waals surface area contributed by atoms with Crippen molar-refractivity contribution in [3.8, 4) is 5.75 Å². The van der Waals surface area contributed by atoms with Gasteiger partial charge in [0.1, 0.15) is 11.6 Å². The van der Waals surface area contributed by atoms with E-state index in [4.69, 9.17) is 4.74 Å². The van der Waals surface area contributed by atoms with Gasteiger partial charge < -0.3 is 15.0 Å². The van der Waals surface area contributed by atoms with E-state index in [1.807, 2.05) is 6.07 Å². The van der Waals surface area contributed by atoms with E-state index < -0.39 is 5.91 Å². The van der Waals surface area contributed by atoms with E-state index in [0.717, 1.165) is 18.4 Å². The molecule has 120 valence electrons. The van der Waals surface area contributed by atoms with Gasteiger partial charge >= 0.3 is 0 Å². The highest BCUT2D eigenvalue weighted by Crippen LogP contribution is 2.40. The van der Waals surface area contributed by atoms with Crippen LogP contribution in [0.1, 0.15) is 40.2 Å². The smallest absolute Gasteiger partial charge is 0.256 e. The number of benzene rings is 1. The summed E-state index contributed by atoms with van der Waals surface area (Å²) in [6.07, 6.45) is 3.51. The van der Waals surface area contributed by atoms with Gasteiger partial charge in [-0.25, -0.2) is 4.39 Å². The predicted molar refractivity (Wildman–Crippen MR) is 83.2 cm³/mol. The summed E-state index contributed by atoms with van der Waals surface area (Å²) in [5.74, 6) is -0.0961. The zero-order valence-corrected chi connectivity index (χ0v) is 12.7. The van der Waals surface area contributed by atoms with Crippen LogP contribution in [-0.4, -0.2) is 18.0 Å². The summed E-state index contributed by atoms with van der Waals surface area (Å²) in [6.45, 7) is 0.0674. The number of ether oxygens (including phenoxy) is 1. The number of amides is 1. The fraction of sp³-hybridized carbons (Fsp3) is 0.294. The Morgan fingerprint density at radius 2 is 2.17 bits per heavy atom. The fourth-order valence-corrected chi connectivity index (χ4v) is 2.45. The Morgan fingerprint density at radius 3 is 2.83 bits per heavy atom. The minimum atomic E-state index is -0.441. The maximum absolute atomic E-state index is 14.1. The van der Waals surface area contributed by atoms with Crippen molar-refractivity contribution in [3.05, 3.63) is 63.3 Å². The number of carbonyl (C=O) groups excluding carboxylic acids is 1. The van der Waals surface area contributed by atoms with Gasteiger partial charge in [0.25, 0.3) is 11.5 Å². The fourth-order valence-electron chi connectivity index (χ4n) is 2.45. The van der Waals surface area contributed by atoms with Crippen molar-refractivity contribution in [1.82, 2.24) is 10.3 Å². The SMILES string of the molecule is COc1cc(=O)[nH]cc1C(=O)NCc1ccc(C2CC2)cc1F. The molecule has 1 heterocycles. The van der Waals surface area contributed by atoms with Crippen molar-refractivity contribution >= 4 is 5.91 Å². The molecule has 1 aromatic heterocycles. The van der Waals surface area contributed by atoms with Crippen LogP contribution in [0.25, 0.3) is 0 Å². The summed E-state index contributed by atoms with van der Waals surface area (Å²) in [5.41, 5.74) is 1.27. The lowest BCUT2D eigenvalue weighted by Crippen LogP contribution is -2.25. The molecule has 3 rings (SSSR count). The first kappa shape index (κ1) is 15.3. The van der Waals surface area contributed by atoms with Gasteiger partial charge in [-0.3, -0.25) is 9.59 Å². The zero-order chi connectivity index (χ0) is 16.4. The first-order valence-electron chi connectivity index (χ1n) is 7.41. The monoisotopic (exact) mass is 316 g/mol. The summed E-state index contributed by atoms with van der Waals surface area (Å²) in [6, 6.07) is 6.34. The first-order chi connectivity index (χ1) is 11.1. The van der Waals surface area contributed by atoms with E-state index in [1.54, 1.807) is 12.1 Å². The molecule has 0 atom stereocenters. The molecule has 0 spiro atoms. The molecule has 2 N–H and O–H groups in total. The number of hydrogen-bond acceptors (Lipinski definition) is 3. The normalized spacial score (nSPS) is 13.7. The number of aromatic nitrogens is 1. The molecule has 23 heavy (non-hydrogen) atoms. The number of hydrogen-bond donors (Lipinski definition) is 2. The van der Waals surface area contributed by atoms with Crippen molar-refractivity contribution in [2.45, 2.75) is 25.3 Å². The molecule has 1 aliphatic rings. The number of pyridine rings is 1. The Labute approximate surface area is 132 Å². The van der Waals surface area contributed by atoms with Crippen molar-refractivity contribution in [3.63, 3.8) is 0 Å². The number of aromatic amines is 1. The van der Waals surface area contributed by atoms with Crippen LogP contribution in [0, 0.1) is 5.82 Å². The van der Waals surface area contributed by atoms with Crippen molar-refractivity contribution in [2.75, 3.05) is 7.11 Å². The molecule has 0 unspecified atom stereocenters. The molecule has 2 aromatic rings. The van der Waals surface area contributed by atoms with Crippen molar-refractivity contribution < 1.29 is 13.9 Å². The lowest BCUT2D eigenvalue weighted by Gasteiger charge is -2.10. The Hall–Kier alpha value is -2.63. The molecule has 0 bridgehead atoms. The molecule has 0 aliphatic heterocycles. The number of halogens is 1. The highest BCUT2D eigenvalue weighted by atomic mass is 19.1. The molecule has 0 saturated heterocycles. The predicted octanol–water partition coefficient (Wildman–Crippen LogP) is 2.33. The molecule has 1 fully saturated rings. The van der Waals surface area contributed by atoms with Gasteiger partial charge in [-0.15, -0.1) is 0 Å². The van der Waals surface area contributed by atoms with E-state index >= 15 is 0 Å². The van der Waals surface area contributed by atoms with Crippen LogP contribution in [0.5, 0.6) is 5.75 Å². The molecule has 1 saturated carbocycles. The Morgan fingerprint density at radius 1 is 1.39 bits per heavy atom. The highest BCUT2D eigenvalue weighted by Gasteiger charge is 2.24. The van der Waals surface area contributed by atoms with E-state index in [2.05, 4.69) is 10.3 Å². The molecule has 5 nitrogen and oxygen atoms in total. The molecular formula is C17H17FN2O3. The van der Waals surface area contributed by atoms with Gasteiger partial charge in [-0.2, -0.15) is 0 Å². The van der Waals surface area contributed by atoms with Crippen LogP contribution in [0.3, 0.4) is 0 Å². The van der Waals surface area contributed by atoms with Crippen LogP contribution in [0.2, 0.25) is 0 Å². The second-order valence-corrected chi connectivity index (χ2v) is 5.59. The first-order valence-corrected chi connectivity index (χ1v) is 7.41. The Bertz CT molecular complexity index is 797. The molecule has 1 aliphatic carbocycles. The average Bonchev–Trinajstić information content (AvgIpc) is 3.38. The number of carbonyl (C=O) groups is 1. The second kappa shape index (κ2) is 6.24. The summed E-state index contributed by atoms with van der Waals surface area (Å²) in [7, 11) is 1.38. The maximum Gasteiger partial charge on any atom is 0.256 e. The average molecular weight is 316 g/mol. The van der Waals surface area contributed by atoms with Gasteiger partial charge in [0, 0.05) is 24.4 Å². The second-order valence-electron chi connectivity index (χ2n) is 5.59. The molecule has 1 aromatic carbocycles. The van der Waals surface area contributed by atoms with Gasteiger partial charge in [0.2, 0.25) is 0 Å². The molecule has 6 heteroatoms. The van der Waals surface area contributed by atoms with Crippen LogP contribution < -0.4 is 15.6 Å². The Kier molecular flexibility index (Phi) is 4.14. The topological polar surface area (TPSA) is 71.2 Å². The van der Waals surface area contributed by atoms with Crippen molar-refractivity contribution in [1.29, 1.82) is 0 Å². The van der Waals surface area contributed by atoms with E-state index in [9.17, 15) is 14.0 Å². The largest absolute Gasteiger partial charge is 0.496 e. The lowest BCUT2D eigenvalue weighted by atomic mass is 10.1. The Balaban J connectivity index is 1.70. The third-order valence-corrected chi connectivity index (χ3v) is 3.92.